The summed E-state index contributed by atoms with van der Waals surface area (Å²) in [5.41, 5.74) is 0.537. The molecule has 0 spiro atoms. The fourth-order valence-electron chi connectivity index (χ4n) is 1.35. The molecule has 0 aliphatic rings. The van der Waals surface area contributed by atoms with Gasteiger partial charge in [-0.3, -0.25) is 4.68 Å². The Labute approximate surface area is 98.9 Å². The molecule has 0 saturated carbocycles. The molecule has 0 bridgehead atoms. The van der Waals surface area contributed by atoms with Crippen LogP contribution >= 0.6 is 22.9 Å². The van der Waals surface area contributed by atoms with Crippen LogP contribution in [0, 0.1) is 5.82 Å². The Kier molecular flexibility index (Phi) is 2.69. The molecular weight excluding hydrogens is 255 g/mol. The molecule has 16 heavy (non-hydrogen) atoms. The number of carboxylic acids is 1. The van der Waals surface area contributed by atoms with E-state index in [1.807, 2.05) is 0 Å². The van der Waals surface area contributed by atoms with Gasteiger partial charge in [0.25, 0.3) is 0 Å². The first-order chi connectivity index (χ1) is 7.50. The molecule has 0 aliphatic carbocycles. The maximum atomic E-state index is 13.4. The Bertz CT molecular complexity index is 544. The van der Waals surface area contributed by atoms with Gasteiger partial charge >= 0.3 is 5.97 Å². The zero-order valence-corrected chi connectivity index (χ0v) is 9.64. The summed E-state index contributed by atoms with van der Waals surface area (Å²) in [5.74, 6) is -1.61. The number of nitrogens with zero attached hydrogens (tertiary/aromatic N) is 2. The van der Waals surface area contributed by atoms with Crippen LogP contribution in [0.15, 0.2) is 12.3 Å². The summed E-state index contributed by atoms with van der Waals surface area (Å²) in [4.78, 5) is 10.8. The van der Waals surface area contributed by atoms with Crippen molar-refractivity contribution >= 4 is 28.9 Å². The molecule has 2 heterocycles. The highest BCUT2D eigenvalue weighted by Crippen LogP contribution is 2.36. The highest BCUT2D eigenvalue weighted by molar-refractivity contribution is 7.18. The van der Waals surface area contributed by atoms with Crippen molar-refractivity contribution in [3.63, 3.8) is 0 Å². The zero-order chi connectivity index (χ0) is 11.9. The van der Waals surface area contributed by atoms with Gasteiger partial charge in [0.15, 0.2) is 5.82 Å². The van der Waals surface area contributed by atoms with Gasteiger partial charge in [-0.1, -0.05) is 11.6 Å². The van der Waals surface area contributed by atoms with E-state index < -0.39 is 11.8 Å². The van der Waals surface area contributed by atoms with E-state index in [2.05, 4.69) is 5.10 Å². The van der Waals surface area contributed by atoms with Crippen molar-refractivity contribution in [1.82, 2.24) is 9.78 Å². The Morgan fingerprint density at radius 1 is 1.69 bits per heavy atom. The van der Waals surface area contributed by atoms with Gasteiger partial charge in [0.1, 0.15) is 14.9 Å². The van der Waals surface area contributed by atoms with E-state index in [4.69, 9.17) is 16.7 Å². The number of rotatable bonds is 2. The van der Waals surface area contributed by atoms with E-state index in [-0.39, 0.29) is 14.9 Å². The summed E-state index contributed by atoms with van der Waals surface area (Å²) in [6.45, 7) is 0. The summed E-state index contributed by atoms with van der Waals surface area (Å²) in [7, 11) is 1.56. The summed E-state index contributed by atoms with van der Waals surface area (Å²) in [5, 5.41) is 12.5. The largest absolute Gasteiger partial charge is 0.477 e. The molecule has 7 heteroatoms. The highest BCUT2D eigenvalue weighted by atomic mass is 35.5. The second-order valence-corrected chi connectivity index (χ2v) is 4.72. The van der Waals surface area contributed by atoms with Crippen LogP contribution in [0.3, 0.4) is 0 Å². The van der Waals surface area contributed by atoms with Gasteiger partial charge in [-0.05, 0) is 6.07 Å². The number of hydrogen-bond acceptors (Lipinski definition) is 3. The molecule has 4 nitrogen and oxygen atoms in total. The lowest BCUT2D eigenvalue weighted by Crippen LogP contribution is -1.94. The van der Waals surface area contributed by atoms with Gasteiger partial charge in [0.2, 0.25) is 0 Å². The number of carbonyl (C=O) groups is 1. The predicted octanol–water partition coefficient (Wildman–Crippen LogP) is 2.64. The third-order valence-electron chi connectivity index (χ3n) is 2.05. The molecule has 0 saturated heterocycles. The van der Waals surface area contributed by atoms with Crippen molar-refractivity contribution in [2.45, 2.75) is 0 Å². The first-order valence-electron chi connectivity index (χ1n) is 4.21. The normalized spacial score (nSPS) is 10.7. The summed E-state index contributed by atoms with van der Waals surface area (Å²) in [6.07, 6.45) is 1.06. The van der Waals surface area contributed by atoms with Crippen molar-refractivity contribution in [1.29, 1.82) is 0 Å². The molecule has 0 radical (unpaired) electrons. The molecule has 0 atom stereocenters. The maximum Gasteiger partial charge on any atom is 0.345 e. The van der Waals surface area contributed by atoms with Gasteiger partial charge in [0, 0.05) is 12.6 Å². The van der Waals surface area contributed by atoms with Crippen LogP contribution in [0.2, 0.25) is 4.34 Å². The average Bonchev–Trinajstić information content (AvgIpc) is 2.71. The number of carboxylic acid groups (broad SMARTS) is 1. The lowest BCUT2D eigenvalue weighted by atomic mass is 10.2. The lowest BCUT2D eigenvalue weighted by molar-refractivity contribution is 0.0702. The minimum Gasteiger partial charge on any atom is -0.477 e. The van der Waals surface area contributed by atoms with Crippen molar-refractivity contribution in [2.75, 3.05) is 0 Å². The second-order valence-electron chi connectivity index (χ2n) is 3.07. The minimum absolute atomic E-state index is 0.0700. The van der Waals surface area contributed by atoms with E-state index in [1.165, 1.54) is 10.7 Å². The molecule has 2 aromatic rings. The molecule has 0 fully saturated rings. The second kappa shape index (κ2) is 3.88. The summed E-state index contributed by atoms with van der Waals surface area (Å²) >= 11 is 6.77. The number of halogens is 2. The number of aryl methyl sites for hydroxylation is 1. The summed E-state index contributed by atoms with van der Waals surface area (Å²) < 4.78 is 15.0. The van der Waals surface area contributed by atoms with Gasteiger partial charge in [-0.2, -0.15) is 5.10 Å². The smallest absolute Gasteiger partial charge is 0.345 e. The SMILES string of the molecule is Cn1ncc(F)c1-c1cc(C(=O)O)sc1Cl. The quantitative estimate of drug-likeness (QED) is 0.903. The molecule has 2 aromatic heterocycles. The van der Waals surface area contributed by atoms with Gasteiger partial charge in [-0.25, -0.2) is 9.18 Å². The van der Waals surface area contributed by atoms with E-state index in [0.717, 1.165) is 17.5 Å². The van der Waals surface area contributed by atoms with Crippen LogP contribution in [0.1, 0.15) is 9.67 Å². The summed E-state index contributed by atoms with van der Waals surface area (Å²) in [6, 6.07) is 1.34. The van der Waals surface area contributed by atoms with Crippen LogP contribution in [0.4, 0.5) is 4.39 Å². The lowest BCUT2D eigenvalue weighted by Gasteiger charge is -1.99. The van der Waals surface area contributed by atoms with Crippen LogP contribution < -0.4 is 0 Å². The fraction of sp³-hybridized carbons (Fsp3) is 0.111. The van der Waals surface area contributed by atoms with E-state index in [9.17, 15) is 9.18 Å². The van der Waals surface area contributed by atoms with E-state index in [0.29, 0.717) is 5.56 Å². The van der Waals surface area contributed by atoms with Crippen LogP contribution in [0.5, 0.6) is 0 Å². The Morgan fingerprint density at radius 2 is 2.38 bits per heavy atom. The fourth-order valence-corrected chi connectivity index (χ4v) is 2.47. The van der Waals surface area contributed by atoms with Crippen molar-refractivity contribution in [3.05, 3.63) is 27.3 Å². The molecule has 1 N–H and O–H groups in total. The average molecular weight is 261 g/mol. The van der Waals surface area contributed by atoms with Crippen LogP contribution in [0.25, 0.3) is 11.3 Å². The van der Waals surface area contributed by atoms with E-state index >= 15 is 0 Å². The van der Waals surface area contributed by atoms with Crippen LogP contribution in [-0.4, -0.2) is 20.9 Å². The predicted molar refractivity (Wildman–Crippen MR) is 58.4 cm³/mol. The topological polar surface area (TPSA) is 55.1 Å². The third kappa shape index (κ3) is 1.70. The van der Waals surface area contributed by atoms with Gasteiger partial charge in [0.05, 0.1) is 6.20 Å². The Morgan fingerprint density at radius 3 is 2.81 bits per heavy atom. The van der Waals surface area contributed by atoms with Crippen molar-refractivity contribution in [2.24, 2.45) is 7.05 Å². The highest BCUT2D eigenvalue weighted by Gasteiger charge is 2.19. The number of hydrogen-bond donors (Lipinski definition) is 1. The first-order valence-corrected chi connectivity index (χ1v) is 5.40. The molecule has 0 aliphatic heterocycles. The standard InChI is InChI=1S/C9H6ClFN2O2S/c1-13-7(5(11)3-12-13)4-2-6(9(14)15)16-8(4)10/h2-3H,1H3,(H,14,15). The Hall–Kier alpha value is -1.40. The Balaban J connectivity index is 2.61. The monoisotopic (exact) mass is 260 g/mol. The minimum atomic E-state index is -1.08. The van der Waals surface area contributed by atoms with Crippen molar-refractivity contribution in [3.8, 4) is 11.3 Å². The number of aromatic carboxylic acids is 1. The molecule has 0 aromatic carbocycles. The zero-order valence-electron chi connectivity index (χ0n) is 8.07. The maximum absolute atomic E-state index is 13.4. The van der Waals surface area contributed by atoms with Gasteiger partial charge in [-0.15, -0.1) is 11.3 Å². The van der Waals surface area contributed by atoms with Crippen molar-refractivity contribution < 1.29 is 14.3 Å². The van der Waals surface area contributed by atoms with E-state index in [1.54, 1.807) is 7.05 Å². The number of aromatic nitrogens is 2. The molecule has 2 rings (SSSR count). The molecule has 0 amide bonds. The molecule has 0 unspecified atom stereocenters. The number of thiophene rings is 1. The first kappa shape index (κ1) is 11.1. The molecule has 84 valence electrons. The molecular formula is C9H6ClFN2O2S. The van der Waals surface area contributed by atoms with Crippen LogP contribution in [-0.2, 0) is 7.05 Å². The third-order valence-corrected chi connectivity index (χ3v) is 3.39. The van der Waals surface area contributed by atoms with Gasteiger partial charge < -0.3 is 5.11 Å².